The molecule has 0 radical (unpaired) electrons. The number of hydrogen-bond acceptors (Lipinski definition) is 2. The highest BCUT2D eigenvalue weighted by Gasteiger charge is 2.03. The van der Waals surface area contributed by atoms with Crippen LogP contribution in [0.1, 0.15) is 11.1 Å². The van der Waals surface area contributed by atoms with E-state index >= 15 is 0 Å². The summed E-state index contributed by atoms with van der Waals surface area (Å²) < 4.78 is 0. The van der Waals surface area contributed by atoms with Gasteiger partial charge in [-0.15, -0.1) is 0 Å². The first-order valence-corrected chi connectivity index (χ1v) is 6.05. The van der Waals surface area contributed by atoms with Crippen LogP contribution < -0.4 is 16.4 Å². The van der Waals surface area contributed by atoms with Crippen molar-refractivity contribution in [2.45, 2.75) is 13.8 Å². The van der Waals surface area contributed by atoms with Gasteiger partial charge in [-0.05, 0) is 55.3 Å². The Morgan fingerprint density at radius 2 is 1.63 bits per heavy atom. The summed E-state index contributed by atoms with van der Waals surface area (Å²) in [5.74, 6) is 0. The Morgan fingerprint density at radius 3 is 2.26 bits per heavy atom. The summed E-state index contributed by atoms with van der Waals surface area (Å²) in [6, 6.07) is 12.6. The van der Waals surface area contributed by atoms with E-state index in [4.69, 9.17) is 5.73 Å². The Bertz CT molecular complexity index is 608. The normalized spacial score (nSPS) is 10.0. The first-order valence-electron chi connectivity index (χ1n) is 6.05. The molecule has 0 unspecified atom stereocenters. The molecule has 0 fully saturated rings. The quantitative estimate of drug-likeness (QED) is 0.719. The van der Waals surface area contributed by atoms with Gasteiger partial charge in [0.25, 0.3) is 0 Å². The molecule has 2 aromatic carbocycles. The second kappa shape index (κ2) is 5.44. The fraction of sp³-hybridized carbons (Fsp3) is 0.133. The standard InChI is InChI=1S/C15H17N3O/c1-10-6-7-14(8-11(10)2)18-15(19)17-13-5-3-4-12(16)9-13/h3-9H,16H2,1-2H3,(H2,17,18,19). The third kappa shape index (κ3) is 3.48. The lowest BCUT2D eigenvalue weighted by atomic mass is 10.1. The molecule has 0 heterocycles. The number of urea groups is 1. The zero-order chi connectivity index (χ0) is 13.8. The van der Waals surface area contributed by atoms with Crippen LogP contribution in [0.25, 0.3) is 0 Å². The number of nitrogens with one attached hydrogen (secondary N) is 2. The second-order valence-electron chi connectivity index (χ2n) is 4.50. The topological polar surface area (TPSA) is 67.2 Å². The van der Waals surface area contributed by atoms with Crippen LogP contribution in [0.2, 0.25) is 0 Å². The molecule has 0 aliphatic carbocycles. The molecule has 2 rings (SSSR count). The molecule has 0 saturated carbocycles. The van der Waals surface area contributed by atoms with Crippen molar-refractivity contribution in [1.82, 2.24) is 0 Å². The first-order chi connectivity index (χ1) is 9.04. The van der Waals surface area contributed by atoms with E-state index in [2.05, 4.69) is 10.6 Å². The van der Waals surface area contributed by atoms with Gasteiger partial charge in [0.2, 0.25) is 0 Å². The SMILES string of the molecule is Cc1ccc(NC(=O)Nc2cccc(N)c2)cc1C. The Kier molecular flexibility index (Phi) is 3.71. The molecule has 2 amide bonds. The van der Waals surface area contributed by atoms with Crippen LogP contribution in [0.15, 0.2) is 42.5 Å². The maximum Gasteiger partial charge on any atom is 0.323 e. The van der Waals surface area contributed by atoms with Crippen LogP contribution in [-0.2, 0) is 0 Å². The number of rotatable bonds is 2. The van der Waals surface area contributed by atoms with Crippen molar-refractivity contribution in [1.29, 1.82) is 0 Å². The van der Waals surface area contributed by atoms with Gasteiger partial charge in [-0.2, -0.15) is 0 Å². The number of anilines is 3. The number of aryl methyl sites for hydroxylation is 2. The van der Waals surface area contributed by atoms with E-state index in [1.807, 2.05) is 32.0 Å². The molecule has 19 heavy (non-hydrogen) atoms. The number of hydrogen-bond donors (Lipinski definition) is 3. The molecule has 4 N–H and O–H groups in total. The first kappa shape index (κ1) is 13.0. The van der Waals surface area contributed by atoms with Crippen molar-refractivity contribution >= 4 is 23.1 Å². The van der Waals surface area contributed by atoms with Crippen LogP contribution in [0.5, 0.6) is 0 Å². The van der Waals surface area contributed by atoms with Gasteiger partial charge in [0.15, 0.2) is 0 Å². The highest BCUT2D eigenvalue weighted by Crippen LogP contribution is 2.15. The Labute approximate surface area is 112 Å². The van der Waals surface area contributed by atoms with E-state index in [0.29, 0.717) is 11.4 Å². The lowest BCUT2D eigenvalue weighted by Gasteiger charge is -2.09. The molecule has 0 aliphatic rings. The summed E-state index contributed by atoms with van der Waals surface area (Å²) in [5.41, 5.74) is 10.0. The zero-order valence-electron chi connectivity index (χ0n) is 11.0. The van der Waals surface area contributed by atoms with Crippen molar-refractivity contribution in [3.8, 4) is 0 Å². The monoisotopic (exact) mass is 255 g/mol. The lowest BCUT2D eigenvalue weighted by molar-refractivity contribution is 0.262. The largest absolute Gasteiger partial charge is 0.399 e. The number of nitrogen functional groups attached to an aromatic ring is 1. The summed E-state index contributed by atoms with van der Waals surface area (Å²) in [6.07, 6.45) is 0. The van der Waals surface area contributed by atoms with Crippen molar-refractivity contribution < 1.29 is 4.79 Å². The third-order valence-electron chi connectivity index (χ3n) is 2.91. The average molecular weight is 255 g/mol. The maximum atomic E-state index is 11.8. The van der Waals surface area contributed by atoms with E-state index in [1.165, 1.54) is 5.56 Å². The summed E-state index contributed by atoms with van der Waals surface area (Å²) in [7, 11) is 0. The van der Waals surface area contributed by atoms with E-state index in [9.17, 15) is 4.79 Å². The minimum absolute atomic E-state index is 0.283. The molecule has 4 nitrogen and oxygen atoms in total. The molecule has 0 atom stereocenters. The molecule has 0 bridgehead atoms. The zero-order valence-corrected chi connectivity index (χ0v) is 11.0. The minimum atomic E-state index is -0.283. The van der Waals surface area contributed by atoms with Crippen molar-refractivity contribution in [2.75, 3.05) is 16.4 Å². The van der Waals surface area contributed by atoms with Crippen LogP contribution >= 0.6 is 0 Å². The van der Waals surface area contributed by atoms with Crippen LogP contribution in [0.4, 0.5) is 21.9 Å². The molecule has 0 spiro atoms. The number of amides is 2. The Balaban J connectivity index is 2.03. The highest BCUT2D eigenvalue weighted by atomic mass is 16.2. The van der Waals surface area contributed by atoms with Gasteiger partial charge in [-0.3, -0.25) is 0 Å². The van der Waals surface area contributed by atoms with Gasteiger partial charge in [0.05, 0.1) is 0 Å². The Morgan fingerprint density at radius 1 is 0.947 bits per heavy atom. The smallest absolute Gasteiger partial charge is 0.323 e. The predicted octanol–water partition coefficient (Wildman–Crippen LogP) is 3.53. The molecule has 2 aromatic rings. The van der Waals surface area contributed by atoms with Crippen LogP contribution in [-0.4, -0.2) is 6.03 Å². The number of benzene rings is 2. The summed E-state index contributed by atoms with van der Waals surface area (Å²) in [6.45, 7) is 4.04. The fourth-order valence-electron chi connectivity index (χ4n) is 1.73. The van der Waals surface area contributed by atoms with Gasteiger partial charge in [-0.1, -0.05) is 12.1 Å². The predicted molar refractivity (Wildman–Crippen MR) is 79.4 cm³/mol. The van der Waals surface area contributed by atoms with Gasteiger partial charge in [0, 0.05) is 17.1 Å². The van der Waals surface area contributed by atoms with E-state index in [1.54, 1.807) is 24.3 Å². The van der Waals surface area contributed by atoms with Gasteiger partial charge >= 0.3 is 6.03 Å². The summed E-state index contributed by atoms with van der Waals surface area (Å²) in [5, 5.41) is 5.52. The fourth-order valence-corrected chi connectivity index (χ4v) is 1.73. The summed E-state index contributed by atoms with van der Waals surface area (Å²) in [4.78, 5) is 11.8. The van der Waals surface area contributed by atoms with E-state index < -0.39 is 0 Å². The van der Waals surface area contributed by atoms with Crippen LogP contribution in [0.3, 0.4) is 0 Å². The number of carbonyl (C=O) groups excluding carboxylic acids is 1. The van der Waals surface area contributed by atoms with Gasteiger partial charge in [-0.25, -0.2) is 4.79 Å². The number of carbonyl (C=O) groups is 1. The molecule has 0 aliphatic heterocycles. The average Bonchev–Trinajstić information content (AvgIpc) is 2.34. The third-order valence-corrected chi connectivity index (χ3v) is 2.91. The van der Waals surface area contributed by atoms with Gasteiger partial charge < -0.3 is 16.4 Å². The molecule has 0 aromatic heterocycles. The summed E-state index contributed by atoms with van der Waals surface area (Å²) >= 11 is 0. The molecule has 4 heteroatoms. The van der Waals surface area contributed by atoms with Crippen molar-refractivity contribution in [2.24, 2.45) is 0 Å². The number of nitrogens with two attached hydrogens (primary N) is 1. The molecule has 98 valence electrons. The molecule has 0 saturated heterocycles. The second-order valence-corrected chi connectivity index (χ2v) is 4.50. The minimum Gasteiger partial charge on any atom is -0.399 e. The lowest BCUT2D eigenvalue weighted by Crippen LogP contribution is -2.19. The maximum absolute atomic E-state index is 11.8. The van der Waals surface area contributed by atoms with Crippen molar-refractivity contribution in [3.63, 3.8) is 0 Å². The van der Waals surface area contributed by atoms with Crippen LogP contribution in [0, 0.1) is 13.8 Å². The molecular weight excluding hydrogens is 238 g/mol. The highest BCUT2D eigenvalue weighted by molar-refractivity contribution is 6.00. The van der Waals surface area contributed by atoms with Crippen molar-refractivity contribution in [3.05, 3.63) is 53.6 Å². The van der Waals surface area contributed by atoms with E-state index in [0.717, 1.165) is 11.3 Å². The molecular formula is C15H17N3O. The van der Waals surface area contributed by atoms with Gasteiger partial charge in [0.1, 0.15) is 0 Å². The Hall–Kier alpha value is -2.49. The van der Waals surface area contributed by atoms with E-state index in [-0.39, 0.29) is 6.03 Å².